The van der Waals surface area contributed by atoms with Crippen LogP contribution in [0.4, 0.5) is 0 Å². The average molecular weight is 68.0 g/mol. The molecule has 0 atom stereocenters. The summed E-state index contributed by atoms with van der Waals surface area (Å²) in [7, 11) is 0. The SMILES string of the molecule is [C-]#[N+]OC#N. The van der Waals surface area contributed by atoms with Gasteiger partial charge in [-0.2, -0.15) is 0 Å². The fourth-order valence-corrected chi connectivity index (χ4v) is 0.0204. The van der Waals surface area contributed by atoms with E-state index >= 15 is 0 Å². The molecular weight excluding hydrogens is 68.0 g/mol. The summed E-state index contributed by atoms with van der Waals surface area (Å²) >= 11 is 0. The van der Waals surface area contributed by atoms with Crippen LogP contribution in [0.25, 0.3) is 5.01 Å². The molecule has 0 saturated carbocycles. The van der Waals surface area contributed by atoms with Crippen molar-refractivity contribution in [3.63, 3.8) is 0 Å². The second kappa shape index (κ2) is 2.78. The van der Waals surface area contributed by atoms with E-state index in [1.165, 1.54) is 0 Å². The third-order valence-corrected chi connectivity index (χ3v) is 0.0865. The smallest absolute Gasteiger partial charge is 0.150 e. The lowest BCUT2D eigenvalue weighted by Gasteiger charge is -1.50. The number of nitrogens with zero attached hydrogens (tertiary/aromatic N) is 2. The Balaban J connectivity index is 2.86. The molecule has 24 valence electrons. The molecule has 0 unspecified atom stereocenters. The maximum atomic E-state index is 7.38. The Morgan fingerprint density at radius 1 is 2.00 bits per heavy atom. The van der Waals surface area contributed by atoms with E-state index in [-0.39, 0.29) is 0 Å². The third-order valence-electron chi connectivity index (χ3n) is 0.0865. The Hall–Kier alpha value is -1.22. The Bertz CT molecular complexity index is 72.8. The van der Waals surface area contributed by atoms with E-state index in [2.05, 4.69) is 9.85 Å². The minimum atomic E-state index is 1.16. The molecule has 0 amide bonds. The van der Waals surface area contributed by atoms with Crippen molar-refractivity contribution < 1.29 is 4.84 Å². The van der Waals surface area contributed by atoms with Gasteiger partial charge in [0.15, 0.2) is 0 Å². The van der Waals surface area contributed by atoms with Crippen LogP contribution in [0.5, 0.6) is 0 Å². The number of hydrogen-bond donors (Lipinski definition) is 0. The van der Waals surface area contributed by atoms with E-state index in [0.717, 1.165) is 6.26 Å². The summed E-state index contributed by atoms with van der Waals surface area (Å²) < 4.78 is 0. The van der Waals surface area contributed by atoms with E-state index in [0.29, 0.717) is 0 Å². The molecule has 0 N–H and O–H groups in total. The zero-order chi connectivity index (χ0) is 4.12. The average Bonchev–Trinajstić information content (AvgIpc) is 1.41. The van der Waals surface area contributed by atoms with Crippen LogP contribution in [0.3, 0.4) is 0 Å². The molecule has 0 saturated heterocycles. The van der Waals surface area contributed by atoms with Crippen molar-refractivity contribution in [2.45, 2.75) is 0 Å². The van der Waals surface area contributed by atoms with E-state index < -0.39 is 0 Å². The van der Waals surface area contributed by atoms with Crippen molar-refractivity contribution in [1.29, 1.82) is 5.26 Å². The molecule has 0 aromatic rings. The van der Waals surface area contributed by atoms with Gasteiger partial charge < -0.3 is 0 Å². The Kier molecular flexibility index (Phi) is 2.10. The van der Waals surface area contributed by atoms with Gasteiger partial charge in [-0.3, -0.25) is 0 Å². The first-order valence-electron chi connectivity index (χ1n) is 0.834. The highest BCUT2D eigenvalue weighted by Crippen LogP contribution is 1.59. The van der Waals surface area contributed by atoms with Gasteiger partial charge >= 0.3 is 6.26 Å². The van der Waals surface area contributed by atoms with Crippen LogP contribution in [0.1, 0.15) is 0 Å². The molecule has 0 aromatic carbocycles. The molecule has 5 heavy (non-hydrogen) atoms. The largest absolute Gasteiger partial charge is 0.381 e. The second-order valence-electron chi connectivity index (χ2n) is 0.274. The summed E-state index contributed by atoms with van der Waals surface area (Å²) in [5.41, 5.74) is 0. The number of hydrogen-bond acceptors (Lipinski definition) is 2. The lowest BCUT2D eigenvalue weighted by molar-refractivity contribution is 0.420. The summed E-state index contributed by atoms with van der Waals surface area (Å²) in [6.07, 6.45) is 1.16. The van der Waals surface area contributed by atoms with Gasteiger partial charge in [-0.25, -0.2) is 0 Å². The van der Waals surface area contributed by atoms with Gasteiger partial charge in [0.05, 0.1) is 0 Å². The summed E-state index contributed by atoms with van der Waals surface area (Å²) in [6.45, 7) is 5.78. The van der Waals surface area contributed by atoms with Gasteiger partial charge in [-0.15, -0.1) is 11.8 Å². The van der Waals surface area contributed by atoms with E-state index in [9.17, 15) is 0 Å². The molecule has 0 aromatic heterocycles. The normalized spacial score (nSPS) is 3.60. The molecule has 0 heterocycles. The highest BCUT2D eigenvalue weighted by atomic mass is 16.6. The van der Waals surface area contributed by atoms with Gasteiger partial charge in [0.1, 0.15) is 0 Å². The third kappa shape index (κ3) is 2.78. The molecule has 3 nitrogen and oxygen atoms in total. The van der Waals surface area contributed by atoms with Gasteiger partial charge in [0, 0.05) is 0 Å². The molecule has 0 rings (SSSR count). The van der Waals surface area contributed by atoms with Gasteiger partial charge in [0.25, 0.3) is 0 Å². The molecule has 3 heteroatoms. The molecule has 0 radical (unpaired) electrons. The predicted octanol–water partition coefficient (Wildman–Crippen LogP) is 0.318. The first kappa shape index (κ1) is 3.78. The van der Waals surface area contributed by atoms with E-state index in [1.807, 2.05) is 0 Å². The summed E-state index contributed by atoms with van der Waals surface area (Å²) in [5.74, 6) is 0. The quantitative estimate of drug-likeness (QED) is 0.233. The Labute approximate surface area is 29.2 Å². The second-order valence-corrected chi connectivity index (χ2v) is 0.274. The van der Waals surface area contributed by atoms with Crippen molar-refractivity contribution in [2.24, 2.45) is 0 Å². The molecule has 0 aliphatic heterocycles. The fraction of sp³-hybridized carbons (Fsp3) is 0. The molecule has 0 bridgehead atoms. The van der Waals surface area contributed by atoms with Gasteiger partial charge in [-0.05, 0) is 5.01 Å². The van der Waals surface area contributed by atoms with Crippen molar-refractivity contribution in [1.82, 2.24) is 0 Å². The van der Waals surface area contributed by atoms with Crippen LogP contribution < -0.4 is 0 Å². The first-order valence-corrected chi connectivity index (χ1v) is 0.834. The lowest BCUT2D eigenvalue weighted by atomic mass is 11.6. The maximum absolute atomic E-state index is 7.38. The molecule has 0 aliphatic rings. The topological polar surface area (TPSA) is 37.4 Å². The van der Waals surface area contributed by atoms with Crippen LogP contribution in [0.2, 0.25) is 0 Å². The predicted molar refractivity (Wildman–Crippen MR) is 13.3 cm³/mol. The highest BCUT2D eigenvalue weighted by Gasteiger charge is 1.60. The minimum Gasteiger partial charge on any atom is -0.150 e. The standard InChI is InChI=1S/C2N2O/c1-4-5-2-3. The number of nitriles is 1. The zero-order valence-corrected chi connectivity index (χ0v) is 2.30. The zero-order valence-electron chi connectivity index (χ0n) is 2.30. The molecule has 0 spiro atoms. The van der Waals surface area contributed by atoms with E-state index in [1.54, 1.807) is 0 Å². The Morgan fingerprint density at radius 2 is 2.60 bits per heavy atom. The Morgan fingerprint density at radius 3 is 2.60 bits per heavy atom. The summed E-state index contributed by atoms with van der Waals surface area (Å²) in [6, 6.07) is 0. The molecule has 0 fully saturated rings. The highest BCUT2D eigenvalue weighted by molar-refractivity contribution is 4.47. The number of rotatable bonds is 0. The molecular formula is C2N2O. The lowest BCUT2D eigenvalue weighted by Crippen LogP contribution is -1.49. The monoisotopic (exact) mass is 68.0 g/mol. The summed E-state index contributed by atoms with van der Waals surface area (Å²) in [4.78, 5) is 3.43. The summed E-state index contributed by atoms with van der Waals surface area (Å²) in [5, 5.41) is 9.62. The van der Waals surface area contributed by atoms with E-state index in [4.69, 9.17) is 11.8 Å². The fourth-order valence-electron chi connectivity index (χ4n) is 0.0204. The minimum absolute atomic E-state index is 1.16. The maximum Gasteiger partial charge on any atom is 0.381 e. The van der Waals surface area contributed by atoms with Crippen molar-refractivity contribution >= 4 is 0 Å². The van der Waals surface area contributed by atoms with Crippen LogP contribution in [-0.2, 0) is 4.84 Å². The molecule has 0 aliphatic carbocycles. The van der Waals surface area contributed by atoms with Crippen molar-refractivity contribution in [2.75, 3.05) is 0 Å². The van der Waals surface area contributed by atoms with Crippen LogP contribution >= 0.6 is 0 Å². The van der Waals surface area contributed by atoms with Gasteiger partial charge in [0.2, 0.25) is 0 Å². The van der Waals surface area contributed by atoms with Crippen molar-refractivity contribution in [3.8, 4) is 6.26 Å². The first-order chi connectivity index (χ1) is 2.41. The van der Waals surface area contributed by atoms with Crippen molar-refractivity contribution in [3.05, 3.63) is 11.6 Å². The van der Waals surface area contributed by atoms with Crippen LogP contribution in [-0.4, -0.2) is 0 Å². The van der Waals surface area contributed by atoms with Crippen LogP contribution in [0.15, 0.2) is 0 Å². The van der Waals surface area contributed by atoms with Crippen LogP contribution in [0, 0.1) is 18.1 Å². The van der Waals surface area contributed by atoms with Gasteiger partial charge in [-0.1, -0.05) is 4.84 Å².